The van der Waals surface area contributed by atoms with E-state index in [4.69, 9.17) is 0 Å². The van der Waals surface area contributed by atoms with Crippen LogP contribution in [0.15, 0.2) is 59.8 Å². The van der Waals surface area contributed by atoms with E-state index in [1.807, 2.05) is 0 Å². The number of nitriles is 3. The summed E-state index contributed by atoms with van der Waals surface area (Å²) in [4.78, 5) is 4.33. The number of halogens is 3. The molecule has 0 radical (unpaired) electrons. The van der Waals surface area contributed by atoms with Crippen LogP contribution in [0, 0.1) is 51.4 Å². The minimum atomic E-state index is -1.48. The highest BCUT2D eigenvalue weighted by Crippen LogP contribution is 2.57. The Bertz CT molecular complexity index is 1660. The molecule has 0 bridgehead atoms. The van der Waals surface area contributed by atoms with Gasteiger partial charge in [-0.3, -0.25) is 4.98 Å². The highest BCUT2D eigenvalue weighted by molar-refractivity contribution is 6.20. The lowest BCUT2D eigenvalue weighted by Crippen LogP contribution is -1.98. The molecular formula is C26H9F3N4O. The Kier molecular flexibility index (Phi) is 4.57. The van der Waals surface area contributed by atoms with E-state index in [0.29, 0.717) is 34.0 Å². The van der Waals surface area contributed by atoms with E-state index in [1.54, 1.807) is 42.5 Å². The average Bonchev–Trinajstić information content (AvgIpc) is 3.33. The molecule has 1 heterocycles. The van der Waals surface area contributed by atoms with Crippen LogP contribution in [0.25, 0.3) is 28.0 Å². The lowest BCUT2D eigenvalue weighted by atomic mass is 9.89. The molecule has 1 N–H and O–H groups in total. The molecule has 1 aromatic heterocycles. The fourth-order valence-corrected chi connectivity index (χ4v) is 4.55. The highest BCUT2D eigenvalue weighted by Gasteiger charge is 2.41. The Morgan fingerprint density at radius 2 is 1.62 bits per heavy atom. The fraction of sp³-hybridized carbons (Fsp3) is 0. The van der Waals surface area contributed by atoms with Crippen LogP contribution in [-0.4, -0.2) is 10.1 Å². The van der Waals surface area contributed by atoms with Crippen molar-refractivity contribution in [2.24, 2.45) is 0 Å². The van der Waals surface area contributed by atoms with Crippen LogP contribution in [0.2, 0.25) is 0 Å². The lowest BCUT2D eigenvalue weighted by Gasteiger charge is -2.12. The minimum Gasteiger partial charge on any atom is -0.507 e. The summed E-state index contributed by atoms with van der Waals surface area (Å²) < 4.78 is 44.4. The smallest absolute Gasteiger partial charge is 0.167 e. The van der Waals surface area contributed by atoms with Gasteiger partial charge in [-0.1, -0.05) is 18.2 Å². The minimum absolute atomic E-state index is 0.00310. The molecule has 0 unspecified atom stereocenters. The summed E-state index contributed by atoms with van der Waals surface area (Å²) in [5, 5.41) is 39.3. The molecule has 0 fully saturated rings. The molecule has 3 aromatic rings. The van der Waals surface area contributed by atoms with E-state index in [0.717, 1.165) is 6.08 Å². The number of rotatable bonds is 0. The number of aromatic hydroxyl groups is 1. The van der Waals surface area contributed by atoms with Gasteiger partial charge in [-0.25, -0.2) is 13.2 Å². The number of fused-ring (bicyclic) bond motifs is 4. The van der Waals surface area contributed by atoms with Gasteiger partial charge in [-0.05, 0) is 17.7 Å². The molecule has 2 aliphatic carbocycles. The van der Waals surface area contributed by atoms with Crippen LogP contribution in [0.4, 0.5) is 13.2 Å². The zero-order valence-corrected chi connectivity index (χ0v) is 17.0. The van der Waals surface area contributed by atoms with Crippen molar-refractivity contribution in [3.63, 3.8) is 0 Å². The van der Waals surface area contributed by atoms with Crippen molar-refractivity contribution in [3.8, 4) is 35.2 Å². The number of nitrogens with zero attached hydrogens (tertiary/aromatic N) is 4. The monoisotopic (exact) mass is 450 g/mol. The Morgan fingerprint density at radius 3 is 2.32 bits per heavy atom. The van der Waals surface area contributed by atoms with Crippen molar-refractivity contribution in [3.05, 3.63) is 99.5 Å². The maximum atomic E-state index is 15.1. The maximum Gasteiger partial charge on any atom is 0.167 e. The summed E-state index contributed by atoms with van der Waals surface area (Å²) in [6.45, 7) is 0. The molecule has 5 rings (SSSR count). The highest BCUT2D eigenvalue weighted by atomic mass is 19.2. The van der Waals surface area contributed by atoms with Crippen molar-refractivity contribution < 1.29 is 18.3 Å². The van der Waals surface area contributed by atoms with Crippen LogP contribution in [0.5, 0.6) is 5.75 Å². The summed E-state index contributed by atoms with van der Waals surface area (Å²) in [6.07, 6.45) is 2.42. The summed E-state index contributed by atoms with van der Waals surface area (Å²) >= 11 is 0. The van der Waals surface area contributed by atoms with Gasteiger partial charge >= 0.3 is 0 Å². The summed E-state index contributed by atoms with van der Waals surface area (Å²) in [6, 6.07) is 13.4. The quantitative estimate of drug-likeness (QED) is 0.285. The van der Waals surface area contributed by atoms with Crippen molar-refractivity contribution in [2.75, 3.05) is 0 Å². The first-order valence-corrected chi connectivity index (χ1v) is 9.80. The van der Waals surface area contributed by atoms with Gasteiger partial charge in [0.1, 0.15) is 29.3 Å². The molecule has 2 aromatic carbocycles. The average molecular weight is 450 g/mol. The summed E-state index contributed by atoms with van der Waals surface area (Å²) in [5.41, 5.74) is -0.185. The summed E-state index contributed by atoms with van der Waals surface area (Å²) in [5.74, 6) is -4.19. The molecule has 0 saturated carbocycles. The standard InChI is InChI=1S/C26H9F3N4O/c27-16-9-17(28)25(29)23-14(6-7-30)22(19(24(16)23)12(10-31)11-32)20-13-3-1-5-18(34)21(13)26-15(20)4-2-8-33-26/h1-6,8-9,34H/b14-6-,22-20+. The fourth-order valence-electron chi connectivity index (χ4n) is 4.55. The number of pyridine rings is 1. The van der Waals surface area contributed by atoms with Crippen LogP contribution >= 0.6 is 0 Å². The molecule has 0 saturated heterocycles. The maximum absolute atomic E-state index is 15.1. The molecule has 0 amide bonds. The van der Waals surface area contributed by atoms with Crippen molar-refractivity contribution in [2.45, 2.75) is 0 Å². The second-order valence-corrected chi connectivity index (χ2v) is 7.41. The number of allylic oxidation sites excluding steroid dienone is 5. The van der Waals surface area contributed by atoms with Crippen LogP contribution < -0.4 is 0 Å². The Balaban J connectivity index is 2.08. The number of aromatic nitrogens is 1. The Hall–Kier alpha value is -5.13. The van der Waals surface area contributed by atoms with E-state index in [-0.39, 0.29) is 22.5 Å². The Morgan fingerprint density at radius 1 is 0.882 bits per heavy atom. The van der Waals surface area contributed by atoms with Crippen LogP contribution in [0.3, 0.4) is 0 Å². The normalized spacial score (nSPS) is 16.4. The number of phenols is 1. The molecular weight excluding hydrogens is 441 g/mol. The number of hydrogen-bond donors (Lipinski definition) is 1. The largest absolute Gasteiger partial charge is 0.507 e. The lowest BCUT2D eigenvalue weighted by molar-refractivity contribution is 0.477. The van der Waals surface area contributed by atoms with Gasteiger partial charge in [0, 0.05) is 57.3 Å². The number of phenolic OH excluding ortho intramolecular Hbond substituents is 1. The van der Waals surface area contributed by atoms with Gasteiger partial charge in [0.05, 0.1) is 17.3 Å². The second-order valence-electron chi connectivity index (χ2n) is 7.41. The molecule has 0 atom stereocenters. The van der Waals surface area contributed by atoms with Crippen molar-refractivity contribution >= 4 is 16.7 Å². The Labute approximate surface area is 190 Å². The molecule has 8 heteroatoms. The van der Waals surface area contributed by atoms with Gasteiger partial charge < -0.3 is 5.11 Å². The first kappa shape index (κ1) is 20.8. The predicted molar refractivity (Wildman–Crippen MR) is 115 cm³/mol. The second kappa shape index (κ2) is 7.48. The first-order valence-electron chi connectivity index (χ1n) is 9.80. The summed E-state index contributed by atoms with van der Waals surface area (Å²) in [7, 11) is 0. The van der Waals surface area contributed by atoms with E-state index in [2.05, 4.69) is 4.98 Å². The van der Waals surface area contributed by atoms with E-state index < -0.39 is 34.2 Å². The molecule has 34 heavy (non-hydrogen) atoms. The third-order valence-electron chi connectivity index (χ3n) is 5.77. The number of benzene rings is 2. The van der Waals surface area contributed by atoms with Crippen LogP contribution in [0.1, 0.15) is 22.3 Å². The zero-order valence-electron chi connectivity index (χ0n) is 17.0. The third-order valence-corrected chi connectivity index (χ3v) is 5.77. The van der Waals surface area contributed by atoms with Gasteiger partial charge in [0.25, 0.3) is 0 Å². The van der Waals surface area contributed by atoms with Crippen molar-refractivity contribution in [1.82, 2.24) is 4.98 Å². The predicted octanol–water partition coefficient (Wildman–Crippen LogP) is 5.41. The molecule has 0 aliphatic heterocycles. The van der Waals surface area contributed by atoms with E-state index in [1.165, 1.54) is 12.3 Å². The SMILES string of the molecule is N#C/C=C1/C(=C2\c3cccnc3-c3c(O)cccc32)C(=C(C#N)C#N)c2c(F)cc(F)c(F)c21. The zero-order chi connectivity index (χ0) is 24.1. The van der Waals surface area contributed by atoms with Gasteiger partial charge in [0.2, 0.25) is 0 Å². The molecule has 5 nitrogen and oxygen atoms in total. The van der Waals surface area contributed by atoms with Gasteiger partial charge in [-0.15, -0.1) is 0 Å². The molecule has 0 spiro atoms. The number of hydrogen-bond acceptors (Lipinski definition) is 5. The molecule has 160 valence electrons. The third kappa shape index (κ3) is 2.62. The molecule has 2 aliphatic rings. The van der Waals surface area contributed by atoms with E-state index in [9.17, 15) is 25.3 Å². The first-order chi connectivity index (χ1) is 16.4. The van der Waals surface area contributed by atoms with Gasteiger partial charge in [0.15, 0.2) is 11.6 Å². The topological polar surface area (TPSA) is 104 Å². The van der Waals surface area contributed by atoms with Gasteiger partial charge in [-0.2, -0.15) is 15.8 Å². The van der Waals surface area contributed by atoms with Crippen molar-refractivity contribution in [1.29, 1.82) is 15.8 Å². The van der Waals surface area contributed by atoms with E-state index >= 15 is 8.78 Å². The van der Waals surface area contributed by atoms with Crippen LogP contribution in [-0.2, 0) is 0 Å².